The van der Waals surface area contributed by atoms with Crippen LogP contribution in [-0.4, -0.2) is 18.7 Å². The number of fused-ring (bicyclic) bond motifs is 1. The summed E-state index contributed by atoms with van der Waals surface area (Å²) in [5.41, 5.74) is 2.19. The highest BCUT2D eigenvalue weighted by atomic mass is 16.2. The molecule has 0 unspecified atom stereocenters. The Morgan fingerprint density at radius 1 is 1.17 bits per heavy atom. The number of hydrogen-bond donors (Lipinski definition) is 0. The smallest absolute Gasteiger partial charge is 0.280 e. The maximum absolute atomic E-state index is 12.7. The van der Waals surface area contributed by atoms with Gasteiger partial charge in [0.25, 0.3) is 0 Å². The third-order valence-electron chi connectivity index (χ3n) is 3.90. The Labute approximate surface area is 139 Å². The van der Waals surface area contributed by atoms with E-state index in [-0.39, 0.29) is 16.9 Å². The summed E-state index contributed by atoms with van der Waals surface area (Å²) >= 11 is 0. The second-order valence-corrected chi connectivity index (χ2v) is 6.31. The van der Waals surface area contributed by atoms with Crippen molar-refractivity contribution in [1.29, 1.82) is 0 Å². The lowest BCUT2D eigenvalue weighted by Gasteiger charge is -2.08. The minimum Gasteiger partial charge on any atom is -0.280 e. The molecular weight excluding hydrogens is 304 g/mol. The average Bonchev–Trinajstić information content (AvgIpc) is 2.85. The van der Waals surface area contributed by atoms with Crippen LogP contribution in [0.15, 0.2) is 58.4 Å². The van der Waals surface area contributed by atoms with E-state index in [1.54, 1.807) is 12.4 Å². The SMILES string of the molecule is C=C(C)Cn1nc2c(=O)n(-c3ccc(C(C)C)cc3)ccn2c1=O. The van der Waals surface area contributed by atoms with Gasteiger partial charge in [-0.3, -0.25) is 9.36 Å². The Balaban J connectivity index is 2.13. The van der Waals surface area contributed by atoms with Crippen LogP contribution < -0.4 is 11.2 Å². The molecule has 6 heteroatoms. The first-order valence-corrected chi connectivity index (χ1v) is 7.84. The summed E-state index contributed by atoms with van der Waals surface area (Å²) in [5, 5.41) is 4.16. The number of hydrogen-bond acceptors (Lipinski definition) is 3. The standard InChI is InChI=1S/C18H20N4O2/c1-12(2)11-22-18(24)21-10-9-20(17(23)16(21)19-22)15-7-5-14(6-8-15)13(3)4/h5-10,13H,1,11H2,2-4H3. The molecule has 0 spiro atoms. The molecular formula is C18H20N4O2. The van der Waals surface area contributed by atoms with Gasteiger partial charge in [-0.2, -0.15) is 0 Å². The maximum Gasteiger partial charge on any atom is 0.350 e. The molecule has 0 aliphatic rings. The van der Waals surface area contributed by atoms with Crippen molar-refractivity contribution in [3.63, 3.8) is 0 Å². The molecule has 24 heavy (non-hydrogen) atoms. The molecule has 6 nitrogen and oxygen atoms in total. The van der Waals surface area contributed by atoms with Gasteiger partial charge in [-0.25, -0.2) is 13.9 Å². The van der Waals surface area contributed by atoms with Crippen molar-refractivity contribution in [3.05, 3.63) is 75.2 Å². The molecule has 2 aromatic heterocycles. The van der Waals surface area contributed by atoms with Crippen molar-refractivity contribution in [3.8, 4) is 5.69 Å². The van der Waals surface area contributed by atoms with Gasteiger partial charge < -0.3 is 0 Å². The number of aromatic nitrogens is 4. The fourth-order valence-electron chi connectivity index (χ4n) is 2.59. The first kappa shape index (κ1) is 16.0. The molecule has 1 aromatic carbocycles. The van der Waals surface area contributed by atoms with E-state index in [1.165, 1.54) is 19.2 Å². The summed E-state index contributed by atoms with van der Waals surface area (Å²) in [7, 11) is 0. The van der Waals surface area contributed by atoms with Crippen molar-refractivity contribution in [2.24, 2.45) is 0 Å². The van der Waals surface area contributed by atoms with Crippen LogP contribution in [0.1, 0.15) is 32.3 Å². The number of allylic oxidation sites excluding steroid dienone is 1. The molecule has 0 aliphatic carbocycles. The van der Waals surface area contributed by atoms with Crippen LogP contribution in [0.3, 0.4) is 0 Å². The molecule has 0 saturated heterocycles. The van der Waals surface area contributed by atoms with Gasteiger partial charge in [0.1, 0.15) is 0 Å². The molecule has 0 radical (unpaired) electrons. The quantitative estimate of drug-likeness (QED) is 0.692. The van der Waals surface area contributed by atoms with Crippen molar-refractivity contribution in [2.45, 2.75) is 33.2 Å². The van der Waals surface area contributed by atoms with Crippen molar-refractivity contribution in [1.82, 2.24) is 18.7 Å². The van der Waals surface area contributed by atoms with Gasteiger partial charge in [0.05, 0.1) is 6.54 Å². The summed E-state index contributed by atoms with van der Waals surface area (Å²) in [4.78, 5) is 25.0. The number of rotatable bonds is 4. The first-order valence-electron chi connectivity index (χ1n) is 7.84. The predicted molar refractivity (Wildman–Crippen MR) is 94.0 cm³/mol. The minimum absolute atomic E-state index is 0.108. The van der Waals surface area contributed by atoms with E-state index >= 15 is 0 Å². The van der Waals surface area contributed by atoms with Crippen LogP contribution in [0.2, 0.25) is 0 Å². The third kappa shape index (κ3) is 2.71. The second-order valence-electron chi connectivity index (χ2n) is 6.31. The monoisotopic (exact) mass is 324 g/mol. The van der Waals surface area contributed by atoms with Gasteiger partial charge in [0.15, 0.2) is 0 Å². The molecule has 0 aliphatic heterocycles. The Kier molecular flexibility index (Phi) is 3.97. The highest BCUT2D eigenvalue weighted by Gasteiger charge is 2.12. The fourth-order valence-corrected chi connectivity index (χ4v) is 2.59. The van der Waals surface area contributed by atoms with E-state index in [1.807, 2.05) is 31.2 Å². The second kappa shape index (κ2) is 5.96. The molecule has 0 fully saturated rings. The zero-order valence-electron chi connectivity index (χ0n) is 14.1. The van der Waals surface area contributed by atoms with Crippen LogP contribution in [0, 0.1) is 0 Å². The molecule has 0 N–H and O–H groups in total. The van der Waals surface area contributed by atoms with Gasteiger partial charge >= 0.3 is 11.2 Å². The summed E-state index contributed by atoms with van der Waals surface area (Å²) in [6, 6.07) is 7.80. The Bertz CT molecular complexity index is 1020. The summed E-state index contributed by atoms with van der Waals surface area (Å²) in [6.07, 6.45) is 3.16. The van der Waals surface area contributed by atoms with Gasteiger partial charge in [-0.05, 0) is 30.5 Å². The molecule has 0 bridgehead atoms. The summed E-state index contributed by atoms with van der Waals surface area (Å²) in [5.74, 6) is 0.426. The number of nitrogens with zero attached hydrogens (tertiary/aromatic N) is 4. The lowest BCUT2D eigenvalue weighted by atomic mass is 10.0. The molecule has 0 saturated carbocycles. The van der Waals surface area contributed by atoms with E-state index in [4.69, 9.17) is 0 Å². The molecule has 124 valence electrons. The van der Waals surface area contributed by atoms with Crippen LogP contribution in [0.25, 0.3) is 11.3 Å². The van der Waals surface area contributed by atoms with E-state index in [0.29, 0.717) is 12.5 Å². The van der Waals surface area contributed by atoms with E-state index in [9.17, 15) is 9.59 Å². The zero-order valence-corrected chi connectivity index (χ0v) is 14.1. The molecule has 2 heterocycles. The third-order valence-corrected chi connectivity index (χ3v) is 3.90. The molecule has 3 aromatic rings. The lowest BCUT2D eigenvalue weighted by Crippen LogP contribution is -2.24. The predicted octanol–water partition coefficient (Wildman–Crippen LogP) is 2.35. The highest BCUT2D eigenvalue weighted by Crippen LogP contribution is 2.16. The van der Waals surface area contributed by atoms with Gasteiger partial charge in [-0.15, -0.1) is 5.10 Å². The van der Waals surface area contributed by atoms with Gasteiger partial charge in [-0.1, -0.05) is 38.1 Å². The normalized spacial score (nSPS) is 11.3. The lowest BCUT2D eigenvalue weighted by molar-refractivity contribution is 0.651. The Hall–Kier alpha value is -2.89. The summed E-state index contributed by atoms with van der Waals surface area (Å²) in [6.45, 7) is 10.1. The molecule has 0 amide bonds. The van der Waals surface area contributed by atoms with Crippen LogP contribution in [-0.2, 0) is 6.54 Å². The highest BCUT2D eigenvalue weighted by molar-refractivity contribution is 5.41. The average molecular weight is 324 g/mol. The van der Waals surface area contributed by atoms with Crippen molar-refractivity contribution in [2.75, 3.05) is 0 Å². The van der Waals surface area contributed by atoms with E-state index in [2.05, 4.69) is 25.5 Å². The minimum atomic E-state index is -0.340. The van der Waals surface area contributed by atoms with Crippen molar-refractivity contribution >= 4 is 5.65 Å². The van der Waals surface area contributed by atoms with Crippen LogP contribution in [0.4, 0.5) is 0 Å². The van der Waals surface area contributed by atoms with E-state index in [0.717, 1.165) is 11.3 Å². The Morgan fingerprint density at radius 3 is 2.42 bits per heavy atom. The van der Waals surface area contributed by atoms with Gasteiger partial charge in [0.2, 0.25) is 5.65 Å². The molecule has 3 rings (SSSR count). The van der Waals surface area contributed by atoms with Crippen molar-refractivity contribution < 1.29 is 0 Å². The van der Waals surface area contributed by atoms with Crippen LogP contribution in [0.5, 0.6) is 0 Å². The topological polar surface area (TPSA) is 61.3 Å². The fraction of sp³-hybridized carbons (Fsp3) is 0.278. The van der Waals surface area contributed by atoms with E-state index < -0.39 is 0 Å². The Morgan fingerprint density at radius 2 is 1.83 bits per heavy atom. The first-order chi connectivity index (χ1) is 11.4. The zero-order chi connectivity index (χ0) is 17.4. The number of benzene rings is 1. The summed E-state index contributed by atoms with van der Waals surface area (Å²) < 4.78 is 4.02. The van der Waals surface area contributed by atoms with Crippen LogP contribution >= 0.6 is 0 Å². The van der Waals surface area contributed by atoms with Gasteiger partial charge in [0, 0.05) is 18.1 Å². The largest absolute Gasteiger partial charge is 0.350 e. The maximum atomic E-state index is 12.7. The molecule has 0 atom stereocenters.